The molecule has 1 amide bonds. The topological polar surface area (TPSA) is 81.6 Å². The number of nitrogens with zero attached hydrogens (tertiary/aromatic N) is 3. The van der Waals surface area contributed by atoms with Gasteiger partial charge in [0, 0.05) is 23.5 Å². The van der Waals surface area contributed by atoms with Crippen molar-refractivity contribution in [1.82, 2.24) is 4.57 Å². The Morgan fingerprint density at radius 2 is 2.04 bits per heavy atom. The molecule has 1 N–H and O–H groups in total. The molecule has 2 aromatic rings. The second kappa shape index (κ2) is 7.04. The van der Waals surface area contributed by atoms with Crippen LogP contribution in [0.5, 0.6) is 0 Å². The van der Waals surface area contributed by atoms with Gasteiger partial charge >= 0.3 is 0 Å². The number of hydrogen-bond acceptors (Lipinski definition) is 3. The second-order valence-corrected chi connectivity index (χ2v) is 5.68. The van der Waals surface area contributed by atoms with Gasteiger partial charge in [0.25, 0.3) is 5.91 Å². The Morgan fingerprint density at radius 1 is 1.33 bits per heavy atom. The maximum atomic E-state index is 12.4. The van der Waals surface area contributed by atoms with Crippen LogP contribution in [-0.4, -0.2) is 10.5 Å². The number of halogens is 1. The number of anilines is 1. The van der Waals surface area contributed by atoms with Crippen LogP contribution in [0.4, 0.5) is 5.69 Å². The molecule has 0 aliphatic heterocycles. The van der Waals surface area contributed by atoms with Gasteiger partial charge in [-0.25, -0.2) is 0 Å². The molecule has 1 heterocycles. The van der Waals surface area contributed by atoms with Crippen LogP contribution in [0.15, 0.2) is 29.8 Å². The quantitative estimate of drug-likeness (QED) is 0.684. The average Bonchev–Trinajstić information content (AvgIpc) is 2.84. The molecule has 0 fully saturated rings. The first kappa shape index (κ1) is 17.3. The van der Waals surface area contributed by atoms with E-state index in [2.05, 4.69) is 11.4 Å². The van der Waals surface area contributed by atoms with E-state index in [1.54, 1.807) is 42.8 Å². The lowest BCUT2D eigenvalue weighted by Crippen LogP contribution is -2.14. The van der Waals surface area contributed by atoms with Crippen molar-refractivity contribution in [2.75, 3.05) is 5.32 Å². The minimum atomic E-state index is -0.523. The Hall–Kier alpha value is -3.02. The van der Waals surface area contributed by atoms with Crippen LogP contribution in [0.2, 0.25) is 5.02 Å². The summed E-state index contributed by atoms with van der Waals surface area (Å²) >= 11 is 6.03. The van der Waals surface area contributed by atoms with Crippen molar-refractivity contribution in [1.29, 1.82) is 10.5 Å². The number of carbonyl (C=O) groups excluding carboxylic acids is 1. The van der Waals surface area contributed by atoms with Crippen LogP contribution in [0.25, 0.3) is 6.08 Å². The van der Waals surface area contributed by atoms with E-state index in [1.807, 2.05) is 13.0 Å². The van der Waals surface area contributed by atoms with Gasteiger partial charge in [-0.15, -0.1) is 0 Å². The highest BCUT2D eigenvalue weighted by molar-refractivity contribution is 6.31. The first-order chi connectivity index (χ1) is 11.4. The van der Waals surface area contributed by atoms with Gasteiger partial charge in [-0.2, -0.15) is 10.5 Å². The first-order valence-electron chi connectivity index (χ1n) is 7.13. The molecule has 0 atom stereocenters. The van der Waals surface area contributed by atoms with Crippen LogP contribution in [0.3, 0.4) is 0 Å². The van der Waals surface area contributed by atoms with E-state index in [0.717, 1.165) is 11.3 Å². The summed E-state index contributed by atoms with van der Waals surface area (Å²) in [5.74, 6) is -0.523. The first-order valence-corrected chi connectivity index (χ1v) is 7.51. The van der Waals surface area contributed by atoms with E-state index in [1.165, 1.54) is 6.08 Å². The van der Waals surface area contributed by atoms with Gasteiger partial charge in [-0.3, -0.25) is 4.79 Å². The monoisotopic (exact) mass is 338 g/mol. The van der Waals surface area contributed by atoms with Gasteiger partial charge in [-0.1, -0.05) is 17.7 Å². The molecule has 120 valence electrons. The average molecular weight is 339 g/mol. The van der Waals surface area contributed by atoms with Gasteiger partial charge in [0.2, 0.25) is 0 Å². The van der Waals surface area contributed by atoms with Crippen LogP contribution >= 0.6 is 11.6 Å². The molecular weight excluding hydrogens is 324 g/mol. The van der Waals surface area contributed by atoms with E-state index in [4.69, 9.17) is 16.9 Å². The number of hydrogen-bond donors (Lipinski definition) is 1. The summed E-state index contributed by atoms with van der Waals surface area (Å²) in [6.07, 6.45) is 1.48. The third kappa shape index (κ3) is 3.32. The van der Waals surface area contributed by atoms with Gasteiger partial charge in [0.1, 0.15) is 23.4 Å². The highest BCUT2D eigenvalue weighted by atomic mass is 35.5. The summed E-state index contributed by atoms with van der Waals surface area (Å²) in [6.45, 7) is 3.61. The van der Waals surface area contributed by atoms with Crippen LogP contribution in [0, 0.1) is 36.5 Å². The van der Waals surface area contributed by atoms with E-state index in [9.17, 15) is 10.1 Å². The highest BCUT2D eigenvalue weighted by Crippen LogP contribution is 2.24. The van der Waals surface area contributed by atoms with Crippen molar-refractivity contribution in [3.05, 3.63) is 57.4 Å². The largest absolute Gasteiger partial charge is 0.339 e. The molecule has 1 aromatic carbocycles. The number of nitriles is 2. The standard InChI is InChI=1S/C18H15ClN4O/c1-11-16(19)5-4-6-17(11)22-18(24)14(9-20)7-13-8-15(10-21)23(3)12(13)2/h4-8H,1-3H3,(H,22,24)/b14-7+. The lowest BCUT2D eigenvalue weighted by molar-refractivity contribution is -0.112. The maximum absolute atomic E-state index is 12.4. The number of nitrogens with one attached hydrogen (secondary N) is 1. The van der Waals surface area contributed by atoms with Crippen molar-refractivity contribution in [3.63, 3.8) is 0 Å². The maximum Gasteiger partial charge on any atom is 0.266 e. The Balaban J connectivity index is 2.35. The predicted molar refractivity (Wildman–Crippen MR) is 93.3 cm³/mol. The third-order valence-electron chi connectivity index (χ3n) is 3.87. The molecule has 0 aliphatic rings. The Morgan fingerprint density at radius 3 is 2.62 bits per heavy atom. The summed E-state index contributed by atoms with van der Waals surface area (Å²) in [5.41, 5.74) is 3.15. The molecule has 0 unspecified atom stereocenters. The Bertz CT molecular complexity index is 926. The van der Waals surface area contributed by atoms with Crippen molar-refractivity contribution >= 4 is 29.3 Å². The number of amides is 1. The van der Waals surface area contributed by atoms with Crippen LogP contribution in [-0.2, 0) is 11.8 Å². The van der Waals surface area contributed by atoms with Gasteiger partial charge in [-0.05, 0) is 49.2 Å². The zero-order valence-electron chi connectivity index (χ0n) is 13.5. The molecule has 1 aromatic heterocycles. The molecular formula is C18H15ClN4O. The zero-order valence-corrected chi connectivity index (χ0v) is 14.3. The predicted octanol–water partition coefficient (Wildman–Crippen LogP) is 3.71. The number of benzene rings is 1. The number of rotatable bonds is 3. The SMILES string of the molecule is Cc1c(Cl)cccc1NC(=O)/C(C#N)=C/c1cc(C#N)n(C)c1C. The summed E-state index contributed by atoms with van der Waals surface area (Å²) in [7, 11) is 1.76. The molecule has 0 saturated carbocycles. The van der Waals surface area contributed by atoms with Crippen molar-refractivity contribution in [2.24, 2.45) is 7.05 Å². The van der Waals surface area contributed by atoms with Crippen LogP contribution in [0.1, 0.15) is 22.5 Å². The molecule has 5 nitrogen and oxygen atoms in total. The zero-order chi connectivity index (χ0) is 17.9. The molecule has 0 spiro atoms. The molecule has 0 saturated heterocycles. The number of aromatic nitrogens is 1. The second-order valence-electron chi connectivity index (χ2n) is 5.28. The van der Waals surface area contributed by atoms with Crippen molar-refractivity contribution in [2.45, 2.75) is 13.8 Å². The summed E-state index contributed by atoms with van der Waals surface area (Å²) in [4.78, 5) is 12.4. The highest BCUT2D eigenvalue weighted by Gasteiger charge is 2.14. The lowest BCUT2D eigenvalue weighted by atomic mass is 10.1. The van der Waals surface area contributed by atoms with Crippen molar-refractivity contribution < 1.29 is 4.79 Å². The molecule has 2 rings (SSSR count). The smallest absolute Gasteiger partial charge is 0.266 e. The third-order valence-corrected chi connectivity index (χ3v) is 4.28. The van der Waals surface area contributed by atoms with E-state index in [-0.39, 0.29) is 5.57 Å². The van der Waals surface area contributed by atoms with E-state index < -0.39 is 5.91 Å². The molecule has 0 radical (unpaired) electrons. The minimum absolute atomic E-state index is 0.0486. The van der Waals surface area contributed by atoms with Gasteiger partial charge in [0.05, 0.1) is 0 Å². The molecule has 0 aliphatic carbocycles. The Labute approximate surface area is 145 Å². The van der Waals surface area contributed by atoms with Gasteiger partial charge < -0.3 is 9.88 Å². The summed E-state index contributed by atoms with van der Waals surface area (Å²) in [6, 6.07) is 10.8. The molecule has 6 heteroatoms. The molecule has 0 bridgehead atoms. The fourth-order valence-electron chi connectivity index (χ4n) is 2.21. The Kier molecular flexibility index (Phi) is 5.08. The lowest BCUT2D eigenvalue weighted by Gasteiger charge is -2.08. The van der Waals surface area contributed by atoms with Crippen molar-refractivity contribution in [3.8, 4) is 12.1 Å². The fourth-order valence-corrected chi connectivity index (χ4v) is 2.39. The molecule has 24 heavy (non-hydrogen) atoms. The summed E-state index contributed by atoms with van der Waals surface area (Å²) in [5, 5.41) is 21.6. The normalized spacial score (nSPS) is 10.8. The van der Waals surface area contributed by atoms with E-state index >= 15 is 0 Å². The summed E-state index contributed by atoms with van der Waals surface area (Å²) < 4.78 is 1.71. The van der Waals surface area contributed by atoms with Gasteiger partial charge in [0.15, 0.2) is 0 Å². The van der Waals surface area contributed by atoms with Crippen LogP contribution < -0.4 is 5.32 Å². The minimum Gasteiger partial charge on any atom is -0.339 e. The fraction of sp³-hybridized carbons (Fsp3) is 0.167. The van der Waals surface area contributed by atoms with E-state index in [0.29, 0.717) is 22.0 Å². The number of carbonyl (C=O) groups is 1.